The number of ether oxygens (including phenoxy) is 3. The van der Waals surface area contributed by atoms with Gasteiger partial charge in [-0.05, 0) is 36.8 Å². The summed E-state index contributed by atoms with van der Waals surface area (Å²) in [6.45, 7) is 3.45. The largest absolute Gasteiger partial charge is 0.497 e. The molecule has 0 saturated heterocycles. The molecule has 2 aromatic carbocycles. The summed E-state index contributed by atoms with van der Waals surface area (Å²) in [6.07, 6.45) is -0.686. The zero-order chi connectivity index (χ0) is 20.4. The van der Waals surface area contributed by atoms with Crippen molar-refractivity contribution in [2.24, 2.45) is 4.99 Å². The van der Waals surface area contributed by atoms with E-state index in [1.54, 1.807) is 21.3 Å². The summed E-state index contributed by atoms with van der Waals surface area (Å²) in [6, 6.07) is 13.0. The van der Waals surface area contributed by atoms with Gasteiger partial charge in [-0.1, -0.05) is 12.1 Å². The first kappa shape index (κ1) is 21.4. The predicted octanol–water partition coefficient (Wildman–Crippen LogP) is 2.50. The molecule has 0 fully saturated rings. The summed E-state index contributed by atoms with van der Waals surface area (Å²) in [4.78, 5) is 4.58. The van der Waals surface area contributed by atoms with E-state index in [1.807, 2.05) is 49.4 Å². The zero-order valence-corrected chi connectivity index (χ0v) is 16.9. The number of benzene rings is 2. The third kappa shape index (κ3) is 6.06. The molecule has 0 spiro atoms. The van der Waals surface area contributed by atoms with Gasteiger partial charge in [-0.3, -0.25) is 0 Å². The maximum atomic E-state index is 10.4. The van der Waals surface area contributed by atoms with Crippen LogP contribution in [0, 0.1) is 0 Å². The molecule has 152 valence electrons. The Morgan fingerprint density at radius 2 is 1.75 bits per heavy atom. The fourth-order valence-corrected chi connectivity index (χ4v) is 2.65. The Balaban J connectivity index is 2.04. The lowest BCUT2D eigenvalue weighted by atomic mass is 10.1. The van der Waals surface area contributed by atoms with Crippen molar-refractivity contribution in [3.8, 4) is 17.2 Å². The van der Waals surface area contributed by atoms with Crippen LogP contribution in [0.5, 0.6) is 17.2 Å². The summed E-state index contributed by atoms with van der Waals surface area (Å²) in [5.74, 6) is 2.78. The Labute approximate surface area is 166 Å². The zero-order valence-electron chi connectivity index (χ0n) is 16.9. The maximum Gasteiger partial charge on any atom is 0.191 e. The maximum absolute atomic E-state index is 10.4. The monoisotopic (exact) mass is 387 g/mol. The third-order valence-corrected chi connectivity index (χ3v) is 4.19. The number of guanidine groups is 1. The van der Waals surface area contributed by atoms with E-state index in [-0.39, 0.29) is 0 Å². The lowest BCUT2D eigenvalue weighted by molar-refractivity contribution is 0.180. The Morgan fingerprint density at radius 3 is 2.43 bits per heavy atom. The molecule has 2 rings (SSSR count). The minimum Gasteiger partial charge on any atom is -0.497 e. The molecule has 1 atom stereocenters. The Kier molecular flexibility index (Phi) is 8.42. The predicted molar refractivity (Wildman–Crippen MR) is 110 cm³/mol. The molecule has 0 amide bonds. The normalized spacial score (nSPS) is 12.2. The van der Waals surface area contributed by atoms with E-state index in [4.69, 9.17) is 14.2 Å². The van der Waals surface area contributed by atoms with Crippen LogP contribution >= 0.6 is 0 Å². The number of rotatable bonds is 9. The summed E-state index contributed by atoms with van der Waals surface area (Å²) >= 11 is 0. The molecule has 0 bridgehead atoms. The van der Waals surface area contributed by atoms with Gasteiger partial charge in [0.1, 0.15) is 17.2 Å². The van der Waals surface area contributed by atoms with Crippen LogP contribution in [0.25, 0.3) is 0 Å². The molecule has 7 nitrogen and oxygen atoms in total. The van der Waals surface area contributed by atoms with Crippen LogP contribution in [-0.2, 0) is 6.54 Å². The van der Waals surface area contributed by atoms with Crippen LogP contribution in [0.1, 0.15) is 24.2 Å². The molecule has 0 aliphatic rings. The van der Waals surface area contributed by atoms with E-state index in [0.29, 0.717) is 31.3 Å². The van der Waals surface area contributed by atoms with Gasteiger partial charge in [0.15, 0.2) is 5.96 Å². The number of aliphatic imine (C=N–C) groups is 1. The summed E-state index contributed by atoms with van der Waals surface area (Å²) in [7, 11) is 4.84. The quantitative estimate of drug-likeness (QED) is 0.453. The van der Waals surface area contributed by atoms with Crippen molar-refractivity contribution in [1.29, 1.82) is 0 Å². The van der Waals surface area contributed by atoms with Crippen LogP contribution in [0.3, 0.4) is 0 Å². The molecule has 1 unspecified atom stereocenters. The van der Waals surface area contributed by atoms with Crippen molar-refractivity contribution in [3.05, 3.63) is 53.6 Å². The second kappa shape index (κ2) is 11.0. The van der Waals surface area contributed by atoms with Crippen molar-refractivity contribution in [2.45, 2.75) is 19.6 Å². The highest BCUT2D eigenvalue weighted by Crippen LogP contribution is 2.25. The minimum atomic E-state index is -0.686. The number of aliphatic hydroxyl groups is 1. The lowest BCUT2D eigenvalue weighted by Gasteiger charge is -2.16. The number of aliphatic hydroxyl groups excluding tert-OH is 1. The number of nitrogens with zero attached hydrogens (tertiary/aromatic N) is 1. The van der Waals surface area contributed by atoms with E-state index in [2.05, 4.69) is 15.6 Å². The number of hydrogen-bond donors (Lipinski definition) is 3. The summed E-state index contributed by atoms with van der Waals surface area (Å²) < 4.78 is 15.8. The van der Waals surface area contributed by atoms with Crippen LogP contribution < -0.4 is 24.8 Å². The van der Waals surface area contributed by atoms with Crippen LogP contribution in [0.2, 0.25) is 0 Å². The Morgan fingerprint density at radius 1 is 1.00 bits per heavy atom. The van der Waals surface area contributed by atoms with Crippen LogP contribution in [0.4, 0.5) is 0 Å². The molecule has 3 N–H and O–H groups in total. The first-order valence-electron chi connectivity index (χ1n) is 9.16. The van der Waals surface area contributed by atoms with Crippen molar-refractivity contribution in [2.75, 3.05) is 34.4 Å². The highest BCUT2D eigenvalue weighted by atomic mass is 16.5. The van der Waals surface area contributed by atoms with Gasteiger partial charge in [-0.25, -0.2) is 4.99 Å². The van der Waals surface area contributed by atoms with Gasteiger partial charge in [0.2, 0.25) is 0 Å². The molecule has 0 aromatic heterocycles. The minimum absolute atomic E-state index is 0.318. The first-order chi connectivity index (χ1) is 13.6. The van der Waals surface area contributed by atoms with Crippen molar-refractivity contribution < 1.29 is 19.3 Å². The topological polar surface area (TPSA) is 84.3 Å². The SMILES string of the molecule is CCNC(=NCc1ccc(OC)cc1OC)NCC(O)c1cccc(OC)c1. The van der Waals surface area contributed by atoms with E-state index in [1.165, 1.54) is 0 Å². The van der Waals surface area contributed by atoms with Gasteiger partial charge >= 0.3 is 0 Å². The van der Waals surface area contributed by atoms with E-state index >= 15 is 0 Å². The lowest BCUT2D eigenvalue weighted by Crippen LogP contribution is -2.39. The highest BCUT2D eigenvalue weighted by Gasteiger charge is 2.10. The van der Waals surface area contributed by atoms with E-state index in [0.717, 1.165) is 22.6 Å². The average molecular weight is 387 g/mol. The fraction of sp³-hybridized carbons (Fsp3) is 0.381. The standard InChI is InChI=1S/C21H29N3O4/c1-5-22-21(23-13-16-9-10-18(27-3)12-20(16)28-4)24-14-19(25)15-7-6-8-17(11-15)26-2/h6-12,19,25H,5,13-14H2,1-4H3,(H2,22,23,24). The molecule has 0 heterocycles. The molecule has 2 aromatic rings. The Bertz CT molecular complexity index is 780. The van der Waals surface area contributed by atoms with Crippen LogP contribution in [-0.4, -0.2) is 45.5 Å². The first-order valence-corrected chi connectivity index (χ1v) is 9.16. The highest BCUT2D eigenvalue weighted by molar-refractivity contribution is 5.79. The van der Waals surface area contributed by atoms with Gasteiger partial charge < -0.3 is 30.0 Å². The van der Waals surface area contributed by atoms with Gasteiger partial charge in [0.25, 0.3) is 0 Å². The number of nitrogens with one attached hydrogen (secondary N) is 2. The molecule has 0 aliphatic heterocycles. The molecule has 0 saturated carbocycles. The molecule has 7 heteroatoms. The average Bonchev–Trinajstić information content (AvgIpc) is 2.75. The van der Waals surface area contributed by atoms with Crippen molar-refractivity contribution >= 4 is 5.96 Å². The Hall–Kier alpha value is -2.93. The third-order valence-electron chi connectivity index (χ3n) is 4.19. The van der Waals surface area contributed by atoms with E-state index < -0.39 is 6.10 Å². The number of hydrogen-bond acceptors (Lipinski definition) is 5. The second-order valence-electron chi connectivity index (χ2n) is 6.05. The molecule has 28 heavy (non-hydrogen) atoms. The van der Waals surface area contributed by atoms with Crippen LogP contribution in [0.15, 0.2) is 47.5 Å². The molecule has 0 radical (unpaired) electrons. The molecule has 0 aliphatic carbocycles. The van der Waals surface area contributed by atoms with Crippen molar-refractivity contribution in [3.63, 3.8) is 0 Å². The summed E-state index contributed by atoms with van der Waals surface area (Å²) in [5, 5.41) is 16.8. The molecular formula is C21H29N3O4. The van der Waals surface area contributed by atoms with Gasteiger partial charge in [0, 0.05) is 24.7 Å². The summed E-state index contributed by atoms with van der Waals surface area (Å²) in [5.41, 5.74) is 1.72. The van der Waals surface area contributed by atoms with Crippen molar-refractivity contribution in [1.82, 2.24) is 10.6 Å². The fourth-order valence-electron chi connectivity index (χ4n) is 2.65. The van der Waals surface area contributed by atoms with Gasteiger partial charge in [-0.2, -0.15) is 0 Å². The smallest absolute Gasteiger partial charge is 0.191 e. The van der Waals surface area contributed by atoms with E-state index in [9.17, 15) is 5.11 Å². The van der Waals surface area contributed by atoms with Gasteiger partial charge in [0.05, 0.1) is 34.0 Å². The van der Waals surface area contributed by atoms with Gasteiger partial charge in [-0.15, -0.1) is 0 Å². The number of methoxy groups -OCH3 is 3. The second-order valence-corrected chi connectivity index (χ2v) is 6.05. The molecular weight excluding hydrogens is 358 g/mol.